The highest BCUT2D eigenvalue weighted by atomic mass is 35.5. The van der Waals surface area contributed by atoms with E-state index in [1.54, 1.807) is 74.9 Å². The monoisotopic (exact) mass is 632 g/mol. The number of benzene rings is 3. The van der Waals surface area contributed by atoms with Gasteiger partial charge in [0.1, 0.15) is 6.61 Å². The van der Waals surface area contributed by atoms with Gasteiger partial charge in [-0.15, -0.1) is 0 Å². The van der Waals surface area contributed by atoms with Crippen LogP contribution in [0.1, 0.15) is 43.5 Å². The minimum Gasteiger partial charge on any atom is -0.493 e. The van der Waals surface area contributed by atoms with Gasteiger partial charge < -0.3 is 23.7 Å². The molecule has 3 aromatic carbocycles. The van der Waals surface area contributed by atoms with Gasteiger partial charge in [-0.3, -0.25) is 9.36 Å². The largest absolute Gasteiger partial charge is 0.493 e. The number of carbonyl (C=O) groups excluding carboxylic acids is 1. The van der Waals surface area contributed by atoms with Gasteiger partial charge in [0.05, 0.1) is 35.1 Å². The van der Waals surface area contributed by atoms with Crippen LogP contribution in [0.4, 0.5) is 0 Å². The Bertz CT molecular complexity index is 1960. The van der Waals surface area contributed by atoms with Gasteiger partial charge in [0, 0.05) is 5.02 Å². The van der Waals surface area contributed by atoms with E-state index in [9.17, 15) is 9.59 Å². The van der Waals surface area contributed by atoms with E-state index in [1.165, 1.54) is 11.3 Å². The number of fused-ring (bicyclic) bond motifs is 2. The summed E-state index contributed by atoms with van der Waals surface area (Å²) in [6, 6.07) is 17.5. The minimum atomic E-state index is -0.724. The van der Waals surface area contributed by atoms with E-state index in [0.29, 0.717) is 55.2 Å². The fraction of sp³-hybridized carbons (Fsp3) is 0.242. The molecule has 2 aliphatic heterocycles. The van der Waals surface area contributed by atoms with Gasteiger partial charge in [0.25, 0.3) is 5.56 Å². The van der Waals surface area contributed by atoms with E-state index in [0.717, 1.165) is 16.7 Å². The molecule has 11 heteroatoms. The molecule has 44 heavy (non-hydrogen) atoms. The zero-order chi connectivity index (χ0) is 31.0. The van der Waals surface area contributed by atoms with Gasteiger partial charge in [-0.05, 0) is 79.9 Å². The number of allylic oxidation sites excluding steroid dienone is 1. The summed E-state index contributed by atoms with van der Waals surface area (Å²) in [5, 5.41) is 0.547. The lowest BCUT2D eigenvalue weighted by molar-refractivity contribution is -0.143. The summed E-state index contributed by atoms with van der Waals surface area (Å²) >= 11 is 7.40. The van der Waals surface area contributed by atoms with Crippen LogP contribution in [0, 0.1) is 0 Å². The molecule has 0 N–H and O–H groups in total. The minimum absolute atomic E-state index is 0.208. The number of hydrogen-bond donors (Lipinski definition) is 0. The maximum Gasteiger partial charge on any atom is 0.338 e. The number of methoxy groups -OCH3 is 1. The first-order valence-corrected chi connectivity index (χ1v) is 15.1. The molecule has 0 radical (unpaired) electrons. The van der Waals surface area contributed by atoms with Crippen molar-refractivity contribution in [3.63, 3.8) is 0 Å². The van der Waals surface area contributed by atoms with Gasteiger partial charge in [0.15, 0.2) is 27.8 Å². The summed E-state index contributed by atoms with van der Waals surface area (Å²) in [4.78, 5) is 32.3. The Balaban J connectivity index is 1.34. The smallest absolute Gasteiger partial charge is 0.338 e. The lowest BCUT2D eigenvalue weighted by Gasteiger charge is -2.25. The molecule has 0 aliphatic carbocycles. The second kappa shape index (κ2) is 12.2. The van der Waals surface area contributed by atoms with Crippen molar-refractivity contribution < 1.29 is 28.5 Å². The van der Waals surface area contributed by atoms with Crippen molar-refractivity contribution in [3.05, 3.63) is 113 Å². The first-order chi connectivity index (χ1) is 21.2. The third-order valence-corrected chi connectivity index (χ3v) is 8.32. The lowest BCUT2D eigenvalue weighted by Crippen LogP contribution is -2.40. The summed E-state index contributed by atoms with van der Waals surface area (Å²) in [6.45, 7) is 5.82. The topological polar surface area (TPSA) is 97.6 Å². The first-order valence-electron chi connectivity index (χ1n) is 13.9. The lowest BCUT2D eigenvalue weighted by atomic mass is 9.96. The molecular weight excluding hydrogens is 604 g/mol. The average Bonchev–Trinajstić information content (AvgIpc) is 3.59. The fourth-order valence-electron chi connectivity index (χ4n) is 5.06. The summed E-state index contributed by atoms with van der Waals surface area (Å²) < 4.78 is 30.0. The summed E-state index contributed by atoms with van der Waals surface area (Å²) in [6.07, 6.45) is 1.44. The van der Waals surface area contributed by atoms with Crippen LogP contribution in [-0.2, 0) is 16.1 Å². The van der Waals surface area contributed by atoms with Crippen LogP contribution in [0.5, 0.6) is 23.0 Å². The highest BCUT2D eigenvalue weighted by Crippen LogP contribution is 2.34. The second-order valence-electron chi connectivity index (χ2n) is 10.5. The number of hydrogen-bond acceptors (Lipinski definition) is 9. The van der Waals surface area contributed by atoms with Crippen LogP contribution >= 0.6 is 22.9 Å². The Morgan fingerprint density at radius 1 is 1.09 bits per heavy atom. The summed E-state index contributed by atoms with van der Waals surface area (Å²) in [7, 11) is 1.56. The first kappa shape index (κ1) is 29.5. The third kappa shape index (κ3) is 5.82. The van der Waals surface area contributed by atoms with E-state index >= 15 is 0 Å². The number of thiazole rings is 1. The predicted molar refractivity (Wildman–Crippen MR) is 166 cm³/mol. The fourth-order valence-corrected chi connectivity index (χ4v) is 6.23. The van der Waals surface area contributed by atoms with Crippen molar-refractivity contribution in [1.29, 1.82) is 0 Å². The molecule has 0 unspecified atom stereocenters. The van der Waals surface area contributed by atoms with E-state index in [-0.39, 0.29) is 18.5 Å². The van der Waals surface area contributed by atoms with Crippen molar-refractivity contribution >= 4 is 35.0 Å². The van der Waals surface area contributed by atoms with Crippen LogP contribution in [0.3, 0.4) is 0 Å². The van der Waals surface area contributed by atoms with Gasteiger partial charge >= 0.3 is 5.97 Å². The number of carbonyl (C=O) groups is 1. The summed E-state index contributed by atoms with van der Waals surface area (Å²) in [5.74, 6) is 1.95. The zero-order valence-corrected chi connectivity index (χ0v) is 26.0. The molecule has 3 heterocycles. The van der Waals surface area contributed by atoms with Crippen molar-refractivity contribution in [2.75, 3.05) is 13.9 Å². The molecule has 2 aliphatic rings. The van der Waals surface area contributed by atoms with Crippen LogP contribution in [0.25, 0.3) is 6.08 Å². The normalized spacial score (nSPS) is 15.7. The zero-order valence-electron chi connectivity index (χ0n) is 24.5. The van der Waals surface area contributed by atoms with Crippen LogP contribution in [0.15, 0.2) is 81.7 Å². The standard InChI is InChI=1S/C33H29ClN2O7S/c1-18(2)43-32(38)29-19(3)35-33-36(30(29)22-7-9-23(34)10-8-22)31(37)28(44-33)15-20-5-11-24(26(13-20)39-4)40-16-21-6-12-25-27(14-21)42-17-41-25/h5-15,18,30H,16-17H2,1-4H3/b28-15-/t30-/m0/s1. The quantitative estimate of drug-likeness (QED) is 0.248. The molecule has 0 spiro atoms. The SMILES string of the molecule is COc1cc(/C=c2\sc3n(c2=O)[C@@H](c2ccc(Cl)cc2)C(C(=O)OC(C)C)=C(C)N=3)ccc1OCc1ccc2c(c1)OCO2. The van der Waals surface area contributed by atoms with E-state index < -0.39 is 12.0 Å². The Kier molecular flexibility index (Phi) is 8.20. The molecule has 0 saturated heterocycles. The molecule has 4 aromatic rings. The molecular formula is C33H29ClN2O7S. The molecule has 1 aromatic heterocycles. The van der Waals surface area contributed by atoms with E-state index in [1.807, 2.05) is 24.3 Å². The van der Waals surface area contributed by atoms with E-state index in [4.69, 9.17) is 35.3 Å². The maximum absolute atomic E-state index is 13.9. The Labute approximate surface area is 262 Å². The molecule has 1 atom stereocenters. The maximum atomic E-state index is 13.9. The molecule has 0 bridgehead atoms. The number of halogens is 1. The van der Waals surface area contributed by atoms with Crippen molar-refractivity contribution in [3.8, 4) is 23.0 Å². The molecule has 0 amide bonds. The molecule has 9 nitrogen and oxygen atoms in total. The van der Waals surface area contributed by atoms with Crippen molar-refractivity contribution in [2.24, 2.45) is 4.99 Å². The average molecular weight is 633 g/mol. The van der Waals surface area contributed by atoms with Gasteiger partial charge in [-0.2, -0.15) is 0 Å². The number of nitrogens with zero attached hydrogens (tertiary/aromatic N) is 2. The number of aromatic nitrogens is 1. The summed E-state index contributed by atoms with van der Waals surface area (Å²) in [5.41, 5.74) is 2.90. The van der Waals surface area contributed by atoms with Crippen LogP contribution in [-0.4, -0.2) is 30.5 Å². The van der Waals surface area contributed by atoms with Crippen molar-refractivity contribution in [2.45, 2.75) is 39.5 Å². The Morgan fingerprint density at radius 3 is 2.61 bits per heavy atom. The van der Waals surface area contributed by atoms with Crippen LogP contribution < -0.4 is 33.8 Å². The predicted octanol–water partition coefficient (Wildman–Crippen LogP) is 5.16. The molecule has 226 valence electrons. The number of esters is 1. The molecule has 0 fully saturated rings. The number of rotatable bonds is 8. The third-order valence-electron chi connectivity index (χ3n) is 7.09. The van der Waals surface area contributed by atoms with Gasteiger partial charge in [0.2, 0.25) is 6.79 Å². The highest BCUT2D eigenvalue weighted by molar-refractivity contribution is 7.07. The Morgan fingerprint density at radius 2 is 1.86 bits per heavy atom. The number of ether oxygens (including phenoxy) is 5. The van der Waals surface area contributed by atoms with Gasteiger partial charge in [-0.1, -0.05) is 47.2 Å². The van der Waals surface area contributed by atoms with Crippen molar-refractivity contribution in [1.82, 2.24) is 4.57 Å². The molecule has 0 saturated carbocycles. The van der Waals surface area contributed by atoms with Crippen LogP contribution in [0.2, 0.25) is 5.02 Å². The van der Waals surface area contributed by atoms with E-state index in [2.05, 4.69) is 4.99 Å². The highest BCUT2D eigenvalue weighted by Gasteiger charge is 2.33. The van der Waals surface area contributed by atoms with Gasteiger partial charge in [-0.25, -0.2) is 9.79 Å². The second-order valence-corrected chi connectivity index (χ2v) is 11.9. The Hall–Kier alpha value is -4.54. The molecule has 6 rings (SSSR count).